The van der Waals surface area contributed by atoms with Crippen molar-refractivity contribution in [3.8, 4) is 5.75 Å². The molecule has 2 atom stereocenters. The highest BCUT2D eigenvalue weighted by molar-refractivity contribution is 5.89. The number of carbonyl (C=O) groups excluding carboxylic acids is 2. The zero-order valence-corrected chi connectivity index (χ0v) is 15.9. The average molecular weight is 379 g/mol. The summed E-state index contributed by atoms with van der Waals surface area (Å²) in [4.78, 5) is 36.8. The van der Waals surface area contributed by atoms with Gasteiger partial charge in [0.05, 0.1) is 18.7 Å². The molecule has 0 bridgehead atoms. The summed E-state index contributed by atoms with van der Waals surface area (Å²) in [6.45, 7) is 7.20. The Bertz CT molecular complexity index is 710. The monoisotopic (exact) mass is 379 g/mol. The molecule has 1 fully saturated rings. The number of aliphatic carboxylic acids is 1. The molecule has 1 heterocycles. The standard InChI is InChI=1S/C19H25NO7/c1-5-25-17(23)12-7-6-8-13(9-12)26-14-10-15(16(21)22)20(11-14)18(24)27-19(2,3)4/h6-9,14-15H,5,10-11H2,1-4H3,(H,21,22). The molecule has 0 aromatic heterocycles. The third-order valence-corrected chi connectivity index (χ3v) is 3.82. The van der Waals surface area contributed by atoms with Crippen LogP contribution in [-0.4, -0.2) is 58.9 Å². The van der Waals surface area contributed by atoms with Crippen molar-refractivity contribution < 1.29 is 33.7 Å². The van der Waals surface area contributed by atoms with Crippen LogP contribution in [0.3, 0.4) is 0 Å². The number of carboxylic acids is 1. The lowest BCUT2D eigenvalue weighted by Crippen LogP contribution is -2.43. The van der Waals surface area contributed by atoms with E-state index in [0.29, 0.717) is 11.3 Å². The molecule has 2 rings (SSSR count). The molecule has 1 amide bonds. The van der Waals surface area contributed by atoms with E-state index in [1.807, 2.05) is 0 Å². The fourth-order valence-electron chi connectivity index (χ4n) is 2.74. The van der Waals surface area contributed by atoms with E-state index in [0.717, 1.165) is 4.90 Å². The third kappa shape index (κ3) is 5.60. The van der Waals surface area contributed by atoms with Crippen molar-refractivity contribution in [3.63, 3.8) is 0 Å². The van der Waals surface area contributed by atoms with Gasteiger partial charge in [0.2, 0.25) is 0 Å². The molecule has 148 valence electrons. The molecule has 27 heavy (non-hydrogen) atoms. The predicted molar refractivity (Wildman–Crippen MR) is 95.8 cm³/mol. The molecule has 8 nitrogen and oxygen atoms in total. The number of rotatable bonds is 5. The summed E-state index contributed by atoms with van der Waals surface area (Å²) in [6, 6.07) is 5.42. The summed E-state index contributed by atoms with van der Waals surface area (Å²) < 4.78 is 16.1. The van der Waals surface area contributed by atoms with Crippen LogP contribution in [0, 0.1) is 0 Å². The molecular formula is C19H25NO7. The fraction of sp³-hybridized carbons (Fsp3) is 0.526. The van der Waals surface area contributed by atoms with E-state index in [2.05, 4.69) is 0 Å². The number of ether oxygens (including phenoxy) is 3. The number of likely N-dealkylation sites (tertiary alicyclic amines) is 1. The highest BCUT2D eigenvalue weighted by Crippen LogP contribution is 2.26. The first kappa shape index (κ1) is 20.5. The van der Waals surface area contributed by atoms with Crippen LogP contribution in [0.25, 0.3) is 0 Å². The zero-order valence-electron chi connectivity index (χ0n) is 15.9. The first-order valence-electron chi connectivity index (χ1n) is 8.77. The molecule has 1 aliphatic heterocycles. The fourth-order valence-corrected chi connectivity index (χ4v) is 2.74. The lowest BCUT2D eigenvalue weighted by molar-refractivity contribution is -0.142. The van der Waals surface area contributed by atoms with Crippen LogP contribution in [0.2, 0.25) is 0 Å². The SMILES string of the molecule is CCOC(=O)c1cccc(OC2CC(C(=O)O)N(C(=O)OC(C)(C)C)C2)c1. The summed E-state index contributed by atoms with van der Waals surface area (Å²) in [6.07, 6.45) is -1.10. The smallest absolute Gasteiger partial charge is 0.411 e. The summed E-state index contributed by atoms with van der Waals surface area (Å²) in [7, 11) is 0. The number of carboxylic acid groups (broad SMARTS) is 1. The van der Waals surface area contributed by atoms with Gasteiger partial charge in [-0.3, -0.25) is 4.90 Å². The minimum atomic E-state index is -1.12. The van der Waals surface area contributed by atoms with Gasteiger partial charge in [-0.2, -0.15) is 0 Å². The molecule has 0 spiro atoms. The topological polar surface area (TPSA) is 102 Å². The van der Waals surface area contributed by atoms with Crippen molar-refractivity contribution in [1.29, 1.82) is 0 Å². The predicted octanol–water partition coefficient (Wildman–Crippen LogP) is 2.70. The van der Waals surface area contributed by atoms with Crippen molar-refractivity contribution in [1.82, 2.24) is 4.90 Å². The lowest BCUT2D eigenvalue weighted by Gasteiger charge is -2.26. The Labute approximate surface area is 158 Å². The number of esters is 1. The highest BCUT2D eigenvalue weighted by atomic mass is 16.6. The summed E-state index contributed by atoms with van der Waals surface area (Å²) in [5.41, 5.74) is -0.390. The maximum Gasteiger partial charge on any atom is 0.411 e. The molecule has 1 N–H and O–H groups in total. The van der Waals surface area contributed by atoms with Gasteiger partial charge in [-0.15, -0.1) is 0 Å². The van der Waals surface area contributed by atoms with Crippen LogP contribution in [0.15, 0.2) is 24.3 Å². The first-order chi connectivity index (χ1) is 12.6. The zero-order chi connectivity index (χ0) is 20.2. The minimum absolute atomic E-state index is 0.0789. The van der Waals surface area contributed by atoms with E-state index in [9.17, 15) is 19.5 Å². The van der Waals surface area contributed by atoms with Gasteiger partial charge in [-0.25, -0.2) is 14.4 Å². The number of hydrogen-bond donors (Lipinski definition) is 1. The molecule has 0 radical (unpaired) electrons. The molecule has 8 heteroatoms. The second-order valence-electron chi connectivity index (χ2n) is 7.21. The number of nitrogens with zero attached hydrogens (tertiary/aromatic N) is 1. The van der Waals surface area contributed by atoms with Gasteiger partial charge in [0.15, 0.2) is 0 Å². The van der Waals surface area contributed by atoms with Crippen LogP contribution in [-0.2, 0) is 14.3 Å². The third-order valence-electron chi connectivity index (χ3n) is 3.82. The van der Waals surface area contributed by atoms with Gasteiger partial charge < -0.3 is 19.3 Å². The van der Waals surface area contributed by atoms with Crippen LogP contribution in [0.5, 0.6) is 5.75 Å². The van der Waals surface area contributed by atoms with Crippen molar-refractivity contribution in [2.24, 2.45) is 0 Å². The maximum absolute atomic E-state index is 12.3. The number of carbonyl (C=O) groups is 3. The van der Waals surface area contributed by atoms with E-state index in [1.165, 1.54) is 6.07 Å². The Kier molecular flexibility index (Phi) is 6.30. The van der Waals surface area contributed by atoms with Crippen molar-refractivity contribution in [2.75, 3.05) is 13.2 Å². The van der Waals surface area contributed by atoms with Gasteiger partial charge in [0, 0.05) is 6.42 Å². The molecule has 1 aliphatic rings. The number of benzene rings is 1. The Morgan fingerprint density at radius 2 is 1.96 bits per heavy atom. The maximum atomic E-state index is 12.3. The molecule has 1 saturated heterocycles. The van der Waals surface area contributed by atoms with Crippen LogP contribution in [0.4, 0.5) is 4.79 Å². The van der Waals surface area contributed by atoms with Crippen molar-refractivity contribution >= 4 is 18.0 Å². The largest absolute Gasteiger partial charge is 0.488 e. The molecule has 0 aliphatic carbocycles. The molecule has 2 unspecified atom stereocenters. The molecule has 1 aromatic carbocycles. The van der Waals surface area contributed by atoms with E-state index in [4.69, 9.17) is 14.2 Å². The van der Waals surface area contributed by atoms with Gasteiger partial charge in [-0.1, -0.05) is 6.07 Å². The Balaban J connectivity index is 2.10. The van der Waals surface area contributed by atoms with Crippen LogP contribution in [0.1, 0.15) is 44.5 Å². The van der Waals surface area contributed by atoms with Crippen LogP contribution < -0.4 is 4.74 Å². The van der Waals surface area contributed by atoms with E-state index >= 15 is 0 Å². The van der Waals surface area contributed by atoms with E-state index in [-0.39, 0.29) is 19.6 Å². The summed E-state index contributed by atoms with van der Waals surface area (Å²) in [5, 5.41) is 9.42. The highest BCUT2D eigenvalue weighted by Gasteiger charge is 2.42. The van der Waals surface area contributed by atoms with Gasteiger partial charge >= 0.3 is 18.0 Å². The summed E-state index contributed by atoms with van der Waals surface area (Å²) >= 11 is 0. The Morgan fingerprint density at radius 3 is 2.56 bits per heavy atom. The number of hydrogen-bond acceptors (Lipinski definition) is 6. The van der Waals surface area contributed by atoms with Crippen molar-refractivity contribution in [2.45, 2.75) is 51.9 Å². The van der Waals surface area contributed by atoms with Gasteiger partial charge in [0.1, 0.15) is 23.5 Å². The first-order valence-corrected chi connectivity index (χ1v) is 8.77. The molecule has 0 saturated carbocycles. The summed E-state index contributed by atoms with van der Waals surface area (Å²) in [5.74, 6) is -1.18. The molecule has 1 aromatic rings. The number of amides is 1. The van der Waals surface area contributed by atoms with Gasteiger partial charge in [-0.05, 0) is 45.9 Å². The second kappa shape index (κ2) is 8.28. The van der Waals surface area contributed by atoms with E-state index in [1.54, 1.807) is 45.9 Å². The Morgan fingerprint density at radius 1 is 1.26 bits per heavy atom. The minimum Gasteiger partial charge on any atom is -0.488 e. The van der Waals surface area contributed by atoms with E-state index < -0.39 is 35.8 Å². The second-order valence-corrected chi connectivity index (χ2v) is 7.21. The lowest BCUT2D eigenvalue weighted by atomic mass is 10.2. The van der Waals surface area contributed by atoms with Crippen LogP contribution >= 0.6 is 0 Å². The average Bonchev–Trinajstić information content (AvgIpc) is 2.98. The normalized spacial score (nSPS) is 19.5. The molecular weight excluding hydrogens is 354 g/mol. The Hall–Kier alpha value is -2.77. The quantitative estimate of drug-likeness (QED) is 0.785. The van der Waals surface area contributed by atoms with Gasteiger partial charge in [0.25, 0.3) is 0 Å². The van der Waals surface area contributed by atoms with Crippen molar-refractivity contribution in [3.05, 3.63) is 29.8 Å².